The van der Waals surface area contributed by atoms with Crippen molar-refractivity contribution in [3.8, 4) is 0 Å². The van der Waals surface area contributed by atoms with Crippen LogP contribution in [0.4, 0.5) is 0 Å². The van der Waals surface area contributed by atoms with E-state index in [0.717, 1.165) is 0 Å². The van der Waals surface area contributed by atoms with Crippen molar-refractivity contribution in [1.82, 2.24) is 0 Å². The van der Waals surface area contributed by atoms with Crippen molar-refractivity contribution in [2.45, 2.75) is 0 Å². The van der Waals surface area contributed by atoms with E-state index < -0.39 is 17.5 Å². The number of fused-ring (bicyclic) bond motifs is 1. The predicted octanol–water partition coefficient (Wildman–Crippen LogP) is 1.53. The first-order valence-corrected chi connectivity index (χ1v) is 4.37. The normalized spacial score (nSPS) is 19.6. The van der Waals surface area contributed by atoms with E-state index >= 15 is 0 Å². The maximum Gasteiger partial charge on any atom is 0.183 e. The van der Waals surface area contributed by atoms with Gasteiger partial charge < -0.3 is 4.79 Å². The lowest BCUT2D eigenvalue weighted by Gasteiger charge is -1.96. The smallest absolute Gasteiger partial charge is 0.183 e. The number of ketones is 2. The Hall–Kier alpha value is -1.48. The summed E-state index contributed by atoms with van der Waals surface area (Å²) in [4.78, 5) is 33.5. The van der Waals surface area contributed by atoms with Gasteiger partial charge in [0.05, 0.1) is 5.02 Å². The number of carbonyl (C=O) groups is 3. The molecule has 4 heteroatoms. The molecule has 0 amide bonds. The molecule has 3 nitrogen and oxygen atoms in total. The number of halogens is 1. The highest BCUT2D eigenvalue weighted by Gasteiger charge is 2.39. The van der Waals surface area contributed by atoms with E-state index in [0.29, 0.717) is 6.29 Å². The van der Waals surface area contributed by atoms with E-state index in [2.05, 4.69) is 0 Å². The molecule has 1 aliphatic carbocycles. The number of aldehydes is 1. The summed E-state index contributed by atoms with van der Waals surface area (Å²) in [6.45, 7) is 0. The molecule has 0 heterocycles. The molecule has 0 spiro atoms. The van der Waals surface area contributed by atoms with E-state index in [9.17, 15) is 14.4 Å². The monoisotopic (exact) mass is 208 g/mol. The van der Waals surface area contributed by atoms with Crippen molar-refractivity contribution in [3.05, 3.63) is 34.3 Å². The van der Waals surface area contributed by atoms with Gasteiger partial charge in [0.1, 0.15) is 12.2 Å². The van der Waals surface area contributed by atoms with Gasteiger partial charge in [0, 0.05) is 11.1 Å². The van der Waals surface area contributed by atoms with E-state index in [1.165, 1.54) is 12.1 Å². The Kier molecular flexibility index (Phi) is 1.97. The molecule has 0 fully saturated rings. The zero-order chi connectivity index (χ0) is 10.3. The maximum atomic E-state index is 11.5. The van der Waals surface area contributed by atoms with Gasteiger partial charge in [0.2, 0.25) is 0 Å². The summed E-state index contributed by atoms with van der Waals surface area (Å²) in [6.07, 6.45) is 0.362. The Morgan fingerprint density at radius 2 is 1.93 bits per heavy atom. The molecule has 70 valence electrons. The van der Waals surface area contributed by atoms with E-state index in [1.54, 1.807) is 6.07 Å². The number of Topliss-reactive ketones (excluding diaryl/α,β-unsaturated/α-hetero) is 2. The Bertz CT molecular complexity index is 451. The molecule has 0 N–H and O–H groups in total. The average molecular weight is 209 g/mol. The molecule has 0 aromatic heterocycles. The lowest BCUT2D eigenvalue weighted by molar-refractivity contribution is -0.108. The van der Waals surface area contributed by atoms with Gasteiger partial charge in [-0.3, -0.25) is 9.59 Å². The fourth-order valence-electron chi connectivity index (χ4n) is 1.55. The first-order valence-electron chi connectivity index (χ1n) is 3.99. The van der Waals surface area contributed by atoms with Crippen LogP contribution in [0.5, 0.6) is 0 Å². The topological polar surface area (TPSA) is 51.2 Å². The number of hydrogen-bond acceptors (Lipinski definition) is 3. The summed E-state index contributed by atoms with van der Waals surface area (Å²) in [6, 6.07) is 4.61. The fourth-order valence-corrected chi connectivity index (χ4v) is 1.81. The lowest BCUT2D eigenvalue weighted by atomic mass is 10.1. The number of benzene rings is 1. The van der Waals surface area contributed by atoms with Crippen molar-refractivity contribution < 1.29 is 14.4 Å². The van der Waals surface area contributed by atoms with Crippen LogP contribution in [0, 0.1) is 5.92 Å². The third-order valence-electron chi connectivity index (χ3n) is 2.23. The van der Waals surface area contributed by atoms with Gasteiger partial charge in [0.15, 0.2) is 11.6 Å². The van der Waals surface area contributed by atoms with E-state index in [1.807, 2.05) is 0 Å². The van der Waals surface area contributed by atoms with Crippen LogP contribution in [0.1, 0.15) is 20.7 Å². The van der Waals surface area contributed by atoms with Gasteiger partial charge in [-0.15, -0.1) is 0 Å². The van der Waals surface area contributed by atoms with Crippen LogP contribution in [-0.2, 0) is 4.79 Å². The molecule has 0 radical (unpaired) electrons. The quantitative estimate of drug-likeness (QED) is 0.520. The highest BCUT2D eigenvalue weighted by atomic mass is 35.5. The second-order valence-corrected chi connectivity index (χ2v) is 3.41. The molecule has 1 aromatic rings. The van der Waals surface area contributed by atoms with Crippen LogP contribution in [0.15, 0.2) is 18.2 Å². The average Bonchev–Trinajstić information content (AvgIpc) is 2.41. The Morgan fingerprint density at radius 1 is 1.21 bits per heavy atom. The van der Waals surface area contributed by atoms with Gasteiger partial charge >= 0.3 is 0 Å². The second kappa shape index (κ2) is 3.03. The van der Waals surface area contributed by atoms with Gasteiger partial charge in [-0.05, 0) is 6.07 Å². The van der Waals surface area contributed by atoms with Crippen molar-refractivity contribution in [2.24, 2.45) is 5.92 Å². The second-order valence-electron chi connectivity index (χ2n) is 3.00. The minimum atomic E-state index is -1.19. The number of rotatable bonds is 1. The minimum Gasteiger partial charge on any atom is -0.302 e. The van der Waals surface area contributed by atoms with Crippen LogP contribution in [0.25, 0.3) is 0 Å². The molecule has 1 unspecified atom stereocenters. The van der Waals surface area contributed by atoms with Gasteiger partial charge in [-0.1, -0.05) is 23.7 Å². The summed E-state index contributed by atoms with van der Waals surface area (Å²) in [5.41, 5.74) is 0.427. The Morgan fingerprint density at radius 3 is 2.50 bits per heavy atom. The highest BCUT2D eigenvalue weighted by molar-refractivity contribution is 6.40. The van der Waals surface area contributed by atoms with Crippen molar-refractivity contribution in [1.29, 1.82) is 0 Å². The van der Waals surface area contributed by atoms with Crippen LogP contribution >= 0.6 is 11.6 Å². The molecule has 1 aromatic carbocycles. The number of carbonyl (C=O) groups excluding carboxylic acids is 3. The summed E-state index contributed by atoms with van der Waals surface area (Å²) >= 11 is 5.76. The van der Waals surface area contributed by atoms with E-state index in [4.69, 9.17) is 11.6 Å². The summed E-state index contributed by atoms with van der Waals surface area (Å²) in [5, 5.41) is 0.227. The molecule has 0 aliphatic heterocycles. The van der Waals surface area contributed by atoms with E-state index in [-0.39, 0.29) is 16.1 Å². The van der Waals surface area contributed by atoms with Crippen LogP contribution in [0.2, 0.25) is 5.02 Å². The largest absolute Gasteiger partial charge is 0.302 e. The van der Waals surface area contributed by atoms with Gasteiger partial charge in [-0.25, -0.2) is 0 Å². The third-order valence-corrected chi connectivity index (χ3v) is 2.54. The van der Waals surface area contributed by atoms with Crippen LogP contribution < -0.4 is 0 Å². The molecular formula is C10H5ClO3. The molecule has 0 saturated carbocycles. The molecule has 1 aliphatic rings. The molecule has 1 atom stereocenters. The van der Waals surface area contributed by atoms with Crippen LogP contribution in [-0.4, -0.2) is 17.9 Å². The Balaban J connectivity index is 2.70. The first-order chi connectivity index (χ1) is 6.66. The summed E-state index contributed by atoms with van der Waals surface area (Å²) in [5.74, 6) is -2.14. The van der Waals surface area contributed by atoms with Crippen LogP contribution in [0.3, 0.4) is 0 Å². The zero-order valence-corrected chi connectivity index (χ0v) is 7.75. The van der Waals surface area contributed by atoms with Crippen molar-refractivity contribution in [2.75, 3.05) is 0 Å². The molecule has 0 saturated heterocycles. The SMILES string of the molecule is O=CC1C(=O)c2cccc(Cl)c2C1=O. The minimum absolute atomic E-state index is 0.177. The van der Waals surface area contributed by atoms with Gasteiger partial charge in [-0.2, -0.15) is 0 Å². The summed E-state index contributed by atoms with van der Waals surface area (Å²) < 4.78 is 0. The zero-order valence-electron chi connectivity index (χ0n) is 6.99. The molecule has 0 bridgehead atoms. The lowest BCUT2D eigenvalue weighted by Crippen LogP contribution is -2.16. The maximum absolute atomic E-state index is 11.5. The fraction of sp³-hybridized carbons (Fsp3) is 0.100. The number of hydrogen-bond donors (Lipinski definition) is 0. The van der Waals surface area contributed by atoms with Crippen molar-refractivity contribution >= 4 is 29.5 Å². The van der Waals surface area contributed by atoms with Gasteiger partial charge in [0.25, 0.3) is 0 Å². The van der Waals surface area contributed by atoms with Crippen molar-refractivity contribution in [3.63, 3.8) is 0 Å². The molecule has 14 heavy (non-hydrogen) atoms. The first kappa shape index (κ1) is 9.09. The molecule has 2 rings (SSSR count). The highest BCUT2D eigenvalue weighted by Crippen LogP contribution is 2.30. The third kappa shape index (κ3) is 1.02. The summed E-state index contributed by atoms with van der Waals surface area (Å²) in [7, 11) is 0. The molecular weight excluding hydrogens is 204 g/mol. The Labute approximate surface area is 84.7 Å². The standard InChI is InChI=1S/C10H5ClO3/c11-7-3-1-2-5-8(7)10(14)6(4-12)9(5)13/h1-4,6H. The predicted molar refractivity (Wildman–Crippen MR) is 49.7 cm³/mol.